The van der Waals surface area contributed by atoms with E-state index < -0.39 is 0 Å². The smallest absolute Gasteiger partial charge is 0.146 e. The predicted octanol–water partition coefficient (Wildman–Crippen LogP) is 4.80. The number of carbonyl (C=O) groups is 1. The molecule has 0 radical (unpaired) electrons. The van der Waals surface area contributed by atoms with Crippen molar-refractivity contribution in [3.63, 3.8) is 0 Å². The van der Waals surface area contributed by atoms with Gasteiger partial charge in [-0.3, -0.25) is 9.69 Å². The second-order valence-corrected chi connectivity index (χ2v) is 8.27. The zero-order valence-electron chi connectivity index (χ0n) is 16.5. The Morgan fingerprint density at radius 1 is 1.12 bits per heavy atom. The Kier molecular flexibility index (Phi) is 7.31. The van der Waals surface area contributed by atoms with Crippen LogP contribution in [0.15, 0.2) is 30.3 Å². The number of benzene rings is 1. The highest BCUT2D eigenvalue weighted by molar-refractivity contribution is 5.85. The molecule has 0 saturated carbocycles. The fraction of sp³-hybridized carbons (Fsp3) is 0.591. The van der Waals surface area contributed by atoms with Gasteiger partial charge in [0, 0.05) is 43.9 Å². The monoisotopic (exact) mass is 376 g/mol. The van der Waals surface area contributed by atoms with Gasteiger partial charge in [-0.15, -0.1) is 12.4 Å². The Labute approximate surface area is 164 Å². The van der Waals surface area contributed by atoms with Crippen molar-refractivity contribution < 1.29 is 4.79 Å². The maximum atomic E-state index is 11.7. The van der Waals surface area contributed by atoms with Crippen LogP contribution in [0.3, 0.4) is 0 Å². The quantitative estimate of drug-likeness (QED) is 0.737. The van der Waals surface area contributed by atoms with Crippen molar-refractivity contribution in [1.29, 1.82) is 0 Å². The minimum Gasteiger partial charge on any atom is -0.368 e. The van der Waals surface area contributed by atoms with Crippen molar-refractivity contribution in [2.45, 2.75) is 46.5 Å². The minimum atomic E-state index is 0. The van der Waals surface area contributed by atoms with Gasteiger partial charge in [-0.1, -0.05) is 45.0 Å². The van der Waals surface area contributed by atoms with Crippen LogP contribution < -0.4 is 4.90 Å². The Hall–Kier alpha value is -1.32. The molecule has 0 spiro atoms. The zero-order valence-corrected chi connectivity index (χ0v) is 17.3. The number of hydrogen-bond donors (Lipinski definition) is 0. The lowest BCUT2D eigenvalue weighted by Crippen LogP contribution is -2.48. The van der Waals surface area contributed by atoms with Crippen LogP contribution in [-0.2, 0) is 4.79 Å². The van der Waals surface area contributed by atoms with Crippen molar-refractivity contribution in [1.82, 2.24) is 4.90 Å². The van der Waals surface area contributed by atoms with E-state index in [1.165, 1.54) is 36.1 Å². The number of anilines is 1. The summed E-state index contributed by atoms with van der Waals surface area (Å²) >= 11 is 0. The van der Waals surface area contributed by atoms with E-state index in [-0.39, 0.29) is 12.4 Å². The number of Topliss-reactive ketones (excluding diaryl/α,β-unsaturated/α-hetero) is 1. The zero-order chi connectivity index (χ0) is 17.9. The van der Waals surface area contributed by atoms with Crippen LogP contribution in [-0.4, -0.2) is 43.4 Å². The van der Waals surface area contributed by atoms with Gasteiger partial charge in [-0.05, 0) is 36.3 Å². The van der Waals surface area contributed by atoms with E-state index in [0.29, 0.717) is 24.2 Å². The molecule has 1 saturated heterocycles. The molecule has 3 rings (SSSR count). The van der Waals surface area contributed by atoms with E-state index in [4.69, 9.17) is 0 Å². The average Bonchev–Trinajstić information content (AvgIpc) is 2.62. The minimum absolute atomic E-state index is 0. The molecule has 0 amide bonds. The summed E-state index contributed by atoms with van der Waals surface area (Å²) in [4.78, 5) is 16.5. The molecule has 144 valence electrons. The average molecular weight is 377 g/mol. The molecule has 1 aliphatic carbocycles. The van der Waals surface area contributed by atoms with E-state index in [0.717, 1.165) is 26.2 Å². The number of ketones is 1. The summed E-state index contributed by atoms with van der Waals surface area (Å²) in [5.41, 5.74) is 4.74. The molecule has 0 aromatic heterocycles. The summed E-state index contributed by atoms with van der Waals surface area (Å²) in [5, 5.41) is 0. The molecule has 1 aliphatic heterocycles. The summed E-state index contributed by atoms with van der Waals surface area (Å²) in [7, 11) is 0. The molecule has 0 unspecified atom stereocenters. The lowest BCUT2D eigenvalue weighted by atomic mass is 9.77. The number of piperazine rings is 1. The van der Waals surface area contributed by atoms with Crippen LogP contribution in [0.2, 0.25) is 0 Å². The topological polar surface area (TPSA) is 23.6 Å². The molecule has 0 N–H and O–H groups in total. The van der Waals surface area contributed by atoms with Crippen LogP contribution in [0.25, 0.3) is 5.57 Å². The maximum Gasteiger partial charge on any atom is 0.146 e. The molecule has 1 aromatic rings. The third-order valence-electron chi connectivity index (χ3n) is 5.73. The Bertz CT molecular complexity index is 645. The van der Waals surface area contributed by atoms with Crippen LogP contribution >= 0.6 is 12.4 Å². The summed E-state index contributed by atoms with van der Waals surface area (Å²) in [6, 6.07) is 8.87. The summed E-state index contributed by atoms with van der Waals surface area (Å²) in [6.45, 7) is 11.3. The van der Waals surface area contributed by atoms with E-state index in [1.807, 2.05) is 6.92 Å². The highest BCUT2D eigenvalue weighted by Gasteiger charge is 2.25. The maximum absolute atomic E-state index is 11.7. The molecule has 4 heteroatoms. The standard InChI is InChI=1S/C22H32N2O.ClH/c1-4-19(25)17-23-13-15-24(16-14-23)21-8-6-5-7-20(21)18-9-11-22(2,3)12-10-18;/h5-9H,4,10-17H2,1-3H3;1H. The van der Waals surface area contributed by atoms with E-state index in [2.05, 4.69) is 54.0 Å². The van der Waals surface area contributed by atoms with Gasteiger partial charge in [0.1, 0.15) is 5.78 Å². The summed E-state index contributed by atoms with van der Waals surface area (Å²) in [6.07, 6.45) is 6.71. The molecular weight excluding hydrogens is 344 g/mol. The number of nitrogens with zero attached hydrogens (tertiary/aromatic N) is 2. The first-order chi connectivity index (χ1) is 12.0. The largest absolute Gasteiger partial charge is 0.368 e. The van der Waals surface area contributed by atoms with Crippen molar-refractivity contribution in [3.05, 3.63) is 35.9 Å². The first kappa shape index (κ1) is 21.0. The van der Waals surface area contributed by atoms with E-state index in [9.17, 15) is 4.79 Å². The number of carbonyl (C=O) groups excluding carboxylic acids is 1. The summed E-state index contributed by atoms with van der Waals surface area (Å²) < 4.78 is 0. The molecule has 1 heterocycles. The number of halogens is 1. The molecule has 0 atom stereocenters. The second kappa shape index (κ2) is 9.05. The van der Waals surface area contributed by atoms with E-state index >= 15 is 0 Å². The molecule has 0 bridgehead atoms. The summed E-state index contributed by atoms with van der Waals surface area (Å²) in [5.74, 6) is 0.351. The normalized spacial score (nSPS) is 20.3. The highest BCUT2D eigenvalue weighted by atomic mass is 35.5. The van der Waals surface area contributed by atoms with Gasteiger partial charge >= 0.3 is 0 Å². The van der Waals surface area contributed by atoms with Crippen LogP contribution in [0, 0.1) is 5.41 Å². The molecule has 1 aromatic carbocycles. The predicted molar refractivity (Wildman–Crippen MR) is 113 cm³/mol. The van der Waals surface area contributed by atoms with Crippen LogP contribution in [0.1, 0.15) is 52.0 Å². The first-order valence-electron chi connectivity index (χ1n) is 9.76. The lowest BCUT2D eigenvalue weighted by molar-refractivity contribution is -0.119. The Morgan fingerprint density at radius 3 is 2.42 bits per heavy atom. The van der Waals surface area contributed by atoms with Gasteiger partial charge in [-0.2, -0.15) is 0 Å². The van der Waals surface area contributed by atoms with E-state index in [1.54, 1.807) is 0 Å². The van der Waals surface area contributed by atoms with Crippen molar-refractivity contribution >= 4 is 29.5 Å². The molecule has 2 aliphatic rings. The molecular formula is C22H33ClN2O. The first-order valence-corrected chi connectivity index (χ1v) is 9.76. The van der Waals surface area contributed by atoms with Gasteiger partial charge in [-0.25, -0.2) is 0 Å². The van der Waals surface area contributed by atoms with Crippen molar-refractivity contribution in [3.8, 4) is 0 Å². The van der Waals surface area contributed by atoms with Gasteiger partial charge in [0.15, 0.2) is 0 Å². The lowest BCUT2D eigenvalue weighted by Gasteiger charge is -2.37. The molecule has 1 fully saturated rings. The second-order valence-electron chi connectivity index (χ2n) is 8.27. The van der Waals surface area contributed by atoms with Crippen molar-refractivity contribution in [2.75, 3.05) is 37.6 Å². The fourth-order valence-corrected chi connectivity index (χ4v) is 3.85. The Morgan fingerprint density at radius 2 is 1.81 bits per heavy atom. The molecule has 26 heavy (non-hydrogen) atoms. The SMILES string of the molecule is CCC(=O)CN1CCN(c2ccccc2C2=CCC(C)(C)CC2)CC1.Cl. The van der Waals surface area contributed by atoms with Gasteiger partial charge in [0.05, 0.1) is 6.54 Å². The Balaban J connectivity index is 0.00000243. The number of rotatable bonds is 5. The molecule has 3 nitrogen and oxygen atoms in total. The fourth-order valence-electron chi connectivity index (χ4n) is 3.85. The van der Waals surface area contributed by atoms with Crippen molar-refractivity contribution in [2.24, 2.45) is 5.41 Å². The highest BCUT2D eigenvalue weighted by Crippen LogP contribution is 2.40. The van der Waals surface area contributed by atoms with Gasteiger partial charge in [0.25, 0.3) is 0 Å². The van der Waals surface area contributed by atoms with Gasteiger partial charge < -0.3 is 4.90 Å². The third kappa shape index (κ3) is 5.11. The van der Waals surface area contributed by atoms with Crippen LogP contribution in [0.5, 0.6) is 0 Å². The third-order valence-corrected chi connectivity index (χ3v) is 5.73. The number of para-hydroxylation sites is 1. The van der Waals surface area contributed by atoms with Gasteiger partial charge in [0.2, 0.25) is 0 Å². The van der Waals surface area contributed by atoms with Crippen LogP contribution in [0.4, 0.5) is 5.69 Å². The number of hydrogen-bond acceptors (Lipinski definition) is 3. The number of allylic oxidation sites excluding steroid dienone is 2.